The topological polar surface area (TPSA) is 80.7 Å². The molecule has 0 spiro atoms. The Hall–Kier alpha value is -2.79. The van der Waals surface area contributed by atoms with Crippen molar-refractivity contribution in [2.24, 2.45) is 0 Å². The van der Waals surface area contributed by atoms with Crippen LogP contribution in [0.2, 0.25) is 0 Å². The average Bonchev–Trinajstić information content (AvgIpc) is 2.59. The third-order valence-electron chi connectivity index (χ3n) is 4.01. The molecule has 1 N–H and O–H groups in total. The summed E-state index contributed by atoms with van der Waals surface area (Å²) in [7, 11) is 0. The molecule has 122 valence electrons. The molecule has 0 saturated heterocycles. The normalized spacial score (nSPS) is 13.9. The highest BCUT2D eigenvalue weighted by Crippen LogP contribution is 2.30. The summed E-state index contributed by atoms with van der Waals surface area (Å²) in [5, 5.41) is 9.98. The van der Waals surface area contributed by atoms with Crippen LogP contribution in [0.25, 0.3) is 0 Å². The Morgan fingerprint density at radius 3 is 2.29 bits per heavy atom. The van der Waals surface area contributed by atoms with Crippen LogP contribution in [0, 0.1) is 0 Å². The number of hydrogen-bond donors (Lipinski definition) is 1. The van der Waals surface area contributed by atoms with E-state index in [1.807, 2.05) is 0 Å². The molecule has 1 aliphatic rings. The van der Waals surface area contributed by atoms with Gasteiger partial charge in [-0.15, -0.1) is 0 Å². The number of fused-ring (bicyclic) bond motifs is 2. The monoisotopic (exact) mass is 324 g/mol. The van der Waals surface area contributed by atoms with Crippen molar-refractivity contribution in [3.63, 3.8) is 0 Å². The molecule has 3 rings (SSSR count). The highest BCUT2D eigenvalue weighted by molar-refractivity contribution is 6.28. The van der Waals surface area contributed by atoms with E-state index in [0.717, 1.165) is 0 Å². The van der Waals surface area contributed by atoms with Gasteiger partial charge in [-0.1, -0.05) is 42.5 Å². The van der Waals surface area contributed by atoms with E-state index in [-0.39, 0.29) is 30.2 Å². The predicted molar refractivity (Wildman–Crippen MR) is 86.1 cm³/mol. The zero-order valence-corrected chi connectivity index (χ0v) is 13.1. The van der Waals surface area contributed by atoms with Crippen molar-refractivity contribution < 1.29 is 24.2 Å². The first-order chi connectivity index (χ1) is 11.5. The van der Waals surface area contributed by atoms with Crippen molar-refractivity contribution in [3.8, 4) is 0 Å². The highest BCUT2D eigenvalue weighted by Gasteiger charge is 2.32. The fourth-order valence-electron chi connectivity index (χ4n) is 2.92. The minimum absolute atomic E-state index is 0.0802. The number of aliphatic hydroxyl groups is 1. The molecule has 1 atom stereocenters. The van der Waals surface area contributed by atoms with Crippen molar-refractivity contribution >= 4 is 17.5 Å². The van der Waals surface area contributed by atoms with Crippen molar-refractivity contribution in [1.29, 1.82) is 0 Å². The largest absolute Gasteiger partial charge is 0.464 e. The molecular weight excluding hydrogens is 308 g/mol. The lowest BCUT2D eigenvalue weighted by Crippen LogP contribution is -2.28. The molecule has 1 unspecified atom stereocenters. The summed E-state index contributed by atoms with van der Waals surface area (Å²) in [5.41, 5.74) is 1.73. The maximum Gasteiger partial charge on any atom is 0.335 e. The lowest BCUT2D eigenvalue weighted by molar-refractivity contribution is -0.152. The average molecular weight is 324 g/mol. The molecule has 2 aromatic rings. The number of rotatable bonds is 4. The lowest BCUT2D eigenvalue weighted by atomic mass is 9.81. The Morgan fingerprint density at radius 1 is 1.00 bits per heavy atom. The third kappa shape index (κ3) is 2.63. The van der Waals surface area contributed by atoms with Crippen LogP contribution in [0.15, 0.2) is 42.5 Å². The fraction of sp³-hybridized carbons (Fsp3) is 0.211. The molecule has 2 aromatic carbocycles. The van der Waals surface area contributed by atoms with Crippen LogP contribution in [0.1, 0.15) is 44.3 Å². The summed E-state index contributed by atoms with van der Waals surface area (Å²) in [6.45, 7) is 1.81. The van der Waals surface area contributed by atoms with Gasteiger partial charge in [-0.3, -0.25) is 9.59 Å². The molecule has 0 radical (unpaired) electrons. The summed E-state index contributed by atoms with van der Waals surface area (Å²) in [4.78, 5) is 37.1. The molecule has 24 heavy (non-hydrogen) atoms. The highest BCUT2D eigenvalue weighted by atomic mass is 16.5. The number of benzene rings is 2. The number of aliphatic hydroxyl groups excluding tert-OH is 1. The number of ether oxygens (including phenoxy) is 1. The van der Waals surface area contributed by atoms with E-state index < -0.39 is 12.1 Å². The zero-order chi connectivity index (χ0) is 17.3. The molecule has 0 heterocycles. The molecule has 0 fully saturated rings. The summed E-state index contributed by atoms with van der Waals surface area (Å²) in [6, 6.07) is 11.5. The quantitative estimate of drug-likeness (QED) is 0.742. The van der Waals surface area contributed by atoms with Crippen LogP contribution < -0.4 is 0 Å². The van der Waals surface area contributed by atoms with E-state index in [1.165, 1.54) is 0 Å². The third-order valence-corrected chi connectivity index (χ3v) is 4.01. The molecule has 0 bridgehead atoms. The second-order valence-corrected chi connectivity index (χ2v) is 5.52. The maximum atomic E-state index is 12.8. The van der Waals surface area contributed by atoms with Gasteiger partial charge in [0.1, 0.15) is 0 Å². The van der Waals surface area contributed by atoms with Gasteiger partial charge in [0.25, 0.3) is 0 Å². The molecule has 5 nitrogen and oxygen atoms in total. The molecule has 0 aromatic heterocycles. The second-order valence-electron chi connectivity index (χ2n) is 5.52. The molecule has 5 heteroatoms. The molecule has 1 aliphatic carbocycles. The Morgan fingerprint density at radius 2 is 1.62 bits per heavy atom. The fourth-order valence-corrected chi connectivity index (χ4v) is 2.92. The van der Waals surface area contributed by atoms with Crippen molar-refractivity contribution in [3.05, 3.63) is 70.3 Å². The smallest absolute Gasteiger partial charge is 0.335 e. The van der Waals surface area contributed by atoms with Gasteiger partial charge >= 0.3 is 5.97 Å². The van der Waals surface area contributed by atoms with Crippen molar-refractivity contribution in [2.75, 3.05) is 6.61 Å². The number of carbonyl (C=O) groups excluding carboxylic acids is 3. The molecule has 0 saturated carbocycles. The predicted octanol–water partition coefficient (Wildman–Crippen LogP) is 1.93. The molecular formula is C19H16O5. The van der Waals surface area contributed by atoms with Gasteiger partial charge in [0.2, 0.25) is 0 Å². The van der Waals surface area contributed by atoms with E-state index in [0.29, 0.717) is 22.3 Å². The lowest BCUT2D eigenvalue weighted by Gasteiger charge is -2.20. The number of ketones is 2. The Balaban J connectivity index is 2.03. The SMILES string of the molecule is CCOC(=O)C(O)Cc1cccc2c1C(=O)c1ccccc1C2=O. The van der Waals surface area contributed by atoms with Gasteiger partial charge < -0.3 is 9.84 Å². The number of esters is 1. The van der Waals surface area contributed by atoms with Crippen LogP contribution in [0.4, 0.5) is 0 Å². The van der Waals surface area contributed by atoms with Crippen LogP contribution in [-0.2, 0) is 16.0 Å². The number of hydrogen-bond acceptors (Lipinski definition) is 5. The van der Waals surface area contributed by atoms with Gasteiger partial charge in [0, 0.05) is 28.7 Å². The first-order valence-corrected chi connectivity index (χ1v) is 7.69. The van der Waals surface area contributed by atoms with Crippen LogP contribution in [-0.4, -0.2) is 35.4 Å². The van der Waals surface area contributed by atoms with Gasteiger partial charge in [-0.25, -0.2) is 4.79 Å². The van der Waals surface area contributed by atoms with Gasteiger partial charge in [0.15, 0.2) is 17.7 Å². The van der Waals surface area contributed by atoms with Crippen LogP contribution in [0.3, 0.4) is 0 Å². The van der Waals surface area contributed by atoms with Crippen molar-refractivity contribution in [2.45, 2.75) is 19.4 Å². The van der Waals surface area contributed by atoms with E-state index in [9.17, 15) is 19.5 Å². The molecule has 0 aliphatic heterocycles. The summed E-state index contributed by atoms with van der Waals surface area (Å²) >= 11 is 0. The van der Waals surface area contributed by atoms with E-state index in [4.69, 9.17) is 4.74 Å². The van der Waals surface area contributed by atoms with Gasteiger partial charge in [-0.2, -0.15) is 0 Å². The summed E-state index contributed by atoms with van der Waals surface area (Å²) < 4.78 is 4.78. The summed E-state index contributed by atoms with van der Waals surface area (Å²) in [6.07, 6.45) is -1.46. The second kappa shape index (κ2) is 6.37. The molecule has 0 amide bonds. The first kappa shape index (κ1) is 16.1. The first-order valence-electron chi connectivity index (χ1n) is 7.69. The minimum Gasteiger partial charge on any atom is -0.464 e. The van der Waals surface area contributed by atoms with Crippen molar-refractivity contribution in [1.82, 2.24) is 0 Å². The number of carbonyl (C=O) groups is 3. The van der Waals surface area contributed by atoms with E-state index >= 15 is 0 Å². The minimum atomic E-state index is -1.38. The van der Waals surface area contributed by atoms with Gasteiger partial charge in [-0.05, 0) is 12.5 Å². The Bertz CT molecular complexity index is 837. The van der Waals surface area contributed by atoms with Crippen LogP contribution >= 0.6 is 0 Å². The van der Waals surface area contributed by atoms with Gasteiger partial charge in [0.05, 0.1) is 6.61 Å². The maximum absolute atomic E-state index is 12.8. The van der Waals surface area contributed by atoms with E-state index in [2.05, 4.69) is 0 Å². The Kier molecular flexibility index (Phi) is 4.27. The standard InChI is InChI=1S/C19H16O5/c1-2-24-19(23)15(20)10-11-6-5-9-14-16(11)18(22)13-8-4-3-7-12(13)17(14)21/h3-9,15,20H,2,10H2,1H3. The van der Waals surface area contributed by atoms with Crippen LogP contribution in [0.5, 0.6) is 0 Å². The summed E-state index contributed by atoms with van der Waals surface area (Å²) in [5.74, 6) is -1.25. The zero-order valence-electron chi connectivity index (χ0n) is 13.1. The van der Waals surface area contributed by atoms with E-state index in [1.54, 1.807) is 49.4 Å². The Labute approximate surface area is 138 Å².